The zero-order chi connectivity index (χ0) is 22.9. The number of rotatable bonds is 5. The number of hydrogen-bond donors (Lipinski definition) is 0. The van der Waals surface area contributed by atoms with Gasteiger partial charge in [0.15, 0.2) is 9.84 Å². The van der Waals surface area contributed by atoms with Gasteiger partial charge in [0.1, 0.15) is 12.0 Å². The molecule has 0 atom stereocenters. The van der Waals surface area contributed by atoms with Crippen molar-refractivity contribution >= 4 is 33.5 Å². The monoisotopic (exact) mass is 454 g/mol. The molecule has 0 bridgehead atoms. The molecule has 0 unspecified atom stereocenters. The van der Waals surface area contributed by atoms with Crippen molar-refractivity contribution in [1.29, 1.82) is 0 Å². The summed E-state index contributed by atoms with van der Waals surface area (Å²) in [7, 11) is -1.62. The summed E-state index contributed by atoms with van der Waals surface area (Å²) in [4.78, 5) is 34.5. The predicted molar refractivity (Wildman–Crippen MR) is 119 cm³/mol. The highest BCUT2D eigenvalue weighted by molar-refractivity contribution is 7.90. The number of hydrogen-bond acceptors (Lipinski definition) is 6. The van der Waals surface area contributed by atoms with Crippen LogP contribution in [0.3, 0.4) is 0 Å². The molecule has 2 aromatic carbocycles. The molecule has 2 aromatic rings. The molecular formula is C22H22N4O5S. The van der Waals surface area contributed by atoms with E-state index in [2.05, 4.69) is 4.99 Å². The van der Waals surface area contributed by atoms with Gasteiger partial charge in [-0.05, 0) is 29.8 Å². The first-order valence-electron chi connectivity index (χ1n) is 9.88. The zero-order valence-corrected chi connectivity index (χ0v) is 18.4. The maximum Gasteiger partial charge on any atom is 0.348 e. The van der Waals surface area contributed by atoms with E-state index in [0.29, 0.717) is 18.8 Å². The molecule has 0 aliphatic carbocycles. The number of carbonyl (C=O) groups is 2. The Labute approximate surface area is 186 Å². The molecule has 9 nitrogen and oxygen atoms in total. The van der Waals surface area contributed by atoms with Crippen molar-refractivity contribution in [2.24, 2.45) is 4.99 Å². The third kappa shape index (κ3) is 4.35. The van der Waals surface area contributed by atoms with E-state index in [4.69, 9.17) is 4.74 Å². The fourth-order valence-corrected chi connectivity index (χ4v) is 4.06. The predicted octanol–water partition coefficient (Wildman–Crippen LogP) is 2.22. The van der Waals surface area contributed by atoms with Gasteiger partial charge in [-0.2, -0.15) is 0 Å². The smallest absolute Gasteiger partial charge is 0.348 e. The largest absolute Gasteiger partial charge is 0.431 e. The minimum atomic E-state index is -3.29. The summed E-state index contributed by atoms with van der Waals surface area (Å²) in [5, 5.41) is 0. The molecule has 10 heteroatoms. The molecule has 0 saturated heterocycles. The summed E-state index contributed by atoms with van der Waals surface area (Å²) in [5.74, 6) is -0.279. The van der Waals surface area contributed by atoms with Crippen molar-refractivity contribution in [3.63, 3.8) is 0 Å². The highest BCUT2D eigenvalue weighted by Crippen LogP contribution is 2.23. The molecule has 2 aliphatic heterocycles. The Morgan fingerprint density at radius 3 is 2.44 bits per heavy atom. The van der Waals surface area contributed by atoms with E-state index in [0.717, 1.165) is 17.5 Å². The lowest BCUT2D eigenvalue weighted by molar-refractivity contribution is -0.115. The molecule has 0 N–H and O–H groups in total. The number of urea groups is 1. The molecule has 2 heterocycles. The molecule has 3 amide bonds. The fraction of sp³-hybridized carbons (Fsp3) is 0.227. The van der Waals surface area contributed by atoms with E-state index in [1.54, 1.807) is 24.1 Å². The molecule has 0 fully saturated rings. The van der Waals surface area contributed by atoms with Crippen LogP contribution in [0.2, 0.25) is 0 Å². The second-order valence-corrected chi connectivity index (χ2v) is 9.50. The van der Waals surface area contributed by atoms with Crippen LogP contribution in [0.5, 0.6) is 0 Å². The van der Waals surface area contributed by atoms with E-state index in [-0.39, 0.29) is 23.4 Å². The van der Waals surface area contributed by atoms with Gasteiger partial charge in [-0.1, -0.05) is 30.3 Å². The summed E-state index contributed by atoms with van der Waals surface area (Å²) in [6.07, 6.45) is 2.46. The van der Waals surface area contributed by atoms with E-state index in [1.807, 2.05) is 30.3 Å². The normalized spacial score (nSPS) is 16.0. The summed E-state index contributed by atoms with van der Waals surface area (Å²) in [6, 6.07) is 15.1. The first-order valence-corrected chi connectivity index (χ1v) is 11.8. The van der Waals surface area contributed by atoms with Crippen molar-refractivity contribution in [3.05, 3.63) is 72.1 Å². The van der Waals surface area contributed by atoms with Crippen LogP contribution >= 0.6 is 0 Å². The number of anilines is 1. The van der Waals surface area contributed by atoms with Crippen LogP contribution in [-0.2, 0) is 25.9 Å². The van der Waals surface area contributed by atoms with Gasteiger partial charge >= 0.3 is 12.1 Å². The van der Waals surface area contributed by atoms with Crippen LogP contribution < -0.4 is 4.90 Å². The van der Waals surface area contributed by atoms with Crippen LogP contribution in [0.1, 0.15) is 5.56 Å². The zero-order valence-electron chi connectivity index (χ0n) is 17.6. The van der Waals surface area contributed by atoms with Gasteiger partial charge in [0, 0.05) is 38.6 Å². The van der Waals surface area contributed by atoms with Gasteiger partial charge in [-0.25, -0.2) is 13.2 Å². The third-order valence-corrected chi connectivity index (χ3v) is 6.37. The average molecular weight is 455 g/mol. The Morgan fingerprint density at radius 2 is 1.78 bits per heavy atom. The third-order valence-electron chi connectivity index (χ3n) is 5.25. The van der Waals surface area contributed by atoms with Crippen molar-refractivity contribution in [3.8, 4) is 0 Å². The number of sulfone groups is 1. The molecule has 2 aliphatic rings. The first kappa shape index (κ1) is 21.6. The maximum absolute atomic E-state index is 13.0. The molecule has 0 saturated carbocycles. The Kier molecular flexibility index (Phi) is 5.70. The van der Waals surface area contributed by atoms with Gasteiger partial charge < -0.3 is 14.5 Å². The Bertz CT molecular complexity index is 1210. The SMILES string of the molecule is CN(C(=O)C1=COC2=NC(=O)N(Cc3ccc(S(C)(=O)=O)cc3)CCN12)c1ccccc1. The Morgan fingerprint density at radius 1 is 1.09 bits per heavy atom. The lowest BCUT2D eigenvalue weighted by Crippen LogP contribution is -2.39. The van der Waals surface area contributed by atoms with Gasteiger partial charge in [-0.3, -0.25) is 9.69 Å². The average Bonchev–Trinajstić information content (AvgIpc) is 3.11. The van der Waals surface area contributed by atoms with Gasteiger partial charge in [-0.15, -0.1) is 4.99 Å². The minimum Gasteiger partial charge on any atom is -0.431 e. The topological polar surface area (TPSA) is 99.6 Å². The van der Waals surface area contributed by atoms with E-state index >= 15 is 0 Å². The molecule has 0 aromatic heterocycles. The molecule has 0 spiro atoms. The molecule has 0 radical (unpaired) electrons. The van der Waals surface area contributed by atoms with E-state index in [1.165, 1.54) is 28.2 Å². The number of carbonyl (C=O) groups excluding carboxylic acids is 2. The highest BCUT2D eigenvalue weighted by atomic mass is 32.2. The number of nitrogens with zero attached hydrogens (tertiary/aromatic N) is 4. The van der Waals surface area contributed by atoms with Gasteiger partial charge in [0.25, 0.3) is 5.91 Å². The molecule has 166 valence electrons. The number of amidine groups is 1. The quantitative estimate of drug-likeness (QED) is 0.687. The maximum atomic E-state index is 13.0. The minimum absolute atomic E-state index is 0.0646. The summed E-state index contributed by atoms with van der Waals surface area (Å²) in [6.45, 7) is 0.888. The van der Waals surface area contributed by atoms with E-state index in [9.17, 15) is 18.0 Å². The number of ether oxygens (including phenoxy) is 1. The fourth-order valence-electron chi connectivity index (χ4n) is 3.43. The van der Waals surface area contributed by atoms with Gasteiger partial charge in [0.2, 0.25) is 0 Å². The summed E-state index contributed by atoms with van der Waals surface area (Å²) >= 11 is 0. The molecule has 32 heavy (non-hydrogen) atoms. The molecular weight excluding hydrogens is 432 g/mol. The van der Waals surface area contributed by atoms with Crippen LogP contribution in [0.4, 0.5) is 10.5 Å². The van der Waals surface area contributed by atoms with Crippen molar-refractivity contribution in [2.75, 3.05) is 31.3 Å². The van der Waals surface area contributed by atoms with E-state index < -0.39 is 15.9 Å². The second kappa shape index (κ2) is 8.46. The Hall–Kier alpha value is -3.66. The Balaban J connectivity index is 1.47. The summed E-state index contributed by atoms with van der Waals surface area (Å²) < 4.78 is 28.7. The number of likely N-dealkylation sites (N-methyl/N-ethyl adjacent to an activating group) is 1. The van der Waals surface area contributed by atoms with Crippen molar-refractivity contribution in [1.82, 2.24) is 9.80 Å². The highest BCUT2D eigenvalue weighted by Gasteiger charge is 2.35. The lowest BCUT2D eigenvalue weighted by Gasteiger charge is -2.24. The van der Waals surface area contributed by atoms with Crippen LogP contribution in [-0.4, -0.2) is 62.6 Å². The standard InChI is InChI=1S/C22H22N4O5S/c1-24(17-6-4-3-5-7-17)20(27)19-15-31-22-23-21(28)25(12-13-26(19)22)14-16-8-10-18(11-9-16)32(2,29)30/h3-11,15H,12-14H2,1-2H3. The van der Waals surface area contributed by atoms with Crippen LogP contribution in [0, 0.1) is 0 Å². The van der Waals surface area contributed by atoms with Crippen molar-refractivity contribution in [2.45, 2.75) is 11.4 Å². The molecule has 4 rings (SSSR count). The van der Waals surface area contributed by atoms with Crippen molar-refractivity contribution < 1.29 is 22.7 Å². The lowest BCUT2D eigenvalue weighted by atomic mass is 10.2. The number of para-hydroxylation sites is 1. The van der Waals surface area contributed by atoms with Crippen LogP contribution in [0.15, 0.2) is 76.4 Å². The number of amides is 3. The summed E-state index contributed by atoms with van der Waals surface area (Å²) in [5.41, 5.74) is 1.79. The number of aliphatic imine (C=N–C) groups is 1. The number of benzene rings is 2. The second-order valence-electron chi connectivity index (χ2n) is 7.49. The van der Waals surface area contributed by atoms with Crippen LogP contribution in [0.25, 0.3) is 0 Å². The van der Waals surface area contributed by atoms with Gasteiger partial charge in [0.05, 0.1) is 4.90 Å². The first-order chi connectivity index (χ1) is 15.2. The number of fused-ring (bicyclic) bond motifs is 1.